The average molecular weight is 327 g/mol. The van der Waals surface area contributed by atoms with E-state index in [1.807, 2.05) is 0 Å². The van der Waals surface area contributed by atoms with E-state index in [0.717, 1.165) is 12.1 Å². The molecule has 0 unspecified atom stereocenters. The van der Waals surface area contributed by atoms with Crippen LogP contribution in [0.3, 0.4) is 0 Å². The Labute approximate surface area is 110 Å². The van der Waals surface area contributed by atoms with E-state index in [9.17, 15) is 18.0 Å². The maximum Gasteiger partial charge on any atom is 0.573 e. The molecule has 0 spiro atoms. The molecule has 0 N–H and O–H groups in total. The molecule has 0 saturated carbocycles. The van der Waals surface area contributed by atoms with Crippen molar-refractivity contribution in [1.29, 1.82) is 0 Å². The molecule has 3 nitrogen and oxygen atoms in total. The van der Waals surface area contributed by atoms with Crippen molar-refractivity contribution < 1.29 is 27.4 Å². The number of hydrogen-bond acceptors (Lipinski definition) is 3. The Bertz CT molecular complexity index is 403. The van der Waals surface area contributed by atoms with Gasteiger partial charge in [-0.1, -0.05) is 28.1 Å². The van der Waals surface area contributed by atoms with Gasteiger partial charge in [0.05, 0.1) is 6.61 Å². The first-order valence-electron chi connectivity index (χ1n) is 5.00. The molecule has 0 bridgehead atoms. The molecule has 0 radical (unpaired) electrons. The standard InChI is InChI=1S/C11H10BrF3O3/c1-2-17-10(16)9(12)7-3-5-8(6-4-7)18-11(13,14)15/h3-6,9H,2H2,1H3/t9-/m0/s1. The van der Waals surface area contributed by atoms with Gasteiger partial charge < -0.3 is 9.47 Å². The van der Waals surface area contributed by atoms with E-state index in [4.69, 9.17) is 4.74 Å². The molecule has 18 heavy (non-hydrogen) atoms. The third kappa shape index (κ3) is 4.56. The largest absolute Gasteiger partial charge is 0.573 e. The van der Waals surface area contributed by atoms with Crippen molar-refractivity contribution in [2.75, 3.05) is 6.61 Å². The average Bonchev–Trinajstić information content (AvgIpc) is 2.27. The summed E-state index contributed by atoms with van der Waals surface area (Å²) in [6.45, 7) is 1.90. The van der Waals surface area contributed by atoms with Gasteiger partial charge in [-0.25, -0.2) is 0 Å². The third-order valence-electron chi connectivity index (χ3n) is 1.90. The maximum atomic E-state index is 11.9. The van der Waals surface area contributed by atoms with Gasteiger partial charge in [-0.15, -0.1) is 13.2 Å². The number of carbonyl (C=O) groups excluding carboxylic acids is 1. The lowest BCUT2D eigenvalue weighted by Gasteiger charge is -2.11. The highest BCUT2D eigenvalue weighted by Crippen LogP contribution is 2.28. The van der Waals surface area contributed by atoms with Crippen molar-refractivity contribution in [3.63, 3.8) is 0 Å². The Morgan fingerprint density at radius 1 is 1.33 bits per heavy atom. The molecule has 0 aromatic heterocycles. The predicted molar refractivity (Wildman–Crippen MR) is 61.4 cm³/mol. The van der Waals surface area contributed by atoms with Gasteiger partial charge in [0.15, 0.2) is 0 Å². The first kappa shape index (κ1) is 14.8. The van der Waals surface area contributed by atoms with Gasteiger partial charge in [-0.05, 0) is 24.6 Å². The molecule has 0 fully saturated rings. The lowest BCUT2D eigenvalue weighted by molar-refractivity contribution is -0.274. The summed E-state index contributed by atoms with van der Waals surface area (Å²) in [5, 5.41) is 0. The number of halogens is 4. The van der Waals surface area contributed by atoms with Gasteiger partial charge in [-0.3, -0.25) is 4.79 Å². The summed E-state index contributed by atoms with van der Waals surface area (Å²) in [5.41, 5.74) is 0.489. The highest BCUT2D eigenvalue weighted by molar-refractivity contribution is 9.09. The fourth-order valence-electron chi connectivity index (χ4n) is 1.19. The second kappa shape index (κ2) is 6.08. The summed E-state index contributed by atoms with van der Waals surface area (Å²) < 4.78 is 44.3. The van der Waals surface area contributed by atoms with E-state index in [1.54, 1.807) is 6.92 Å². The van der Waals surface area contributed by atoms with Gasteiger partial charge in [0.2, 0.25) is 0 Å². The molecule has 0 aliphatic carbocycles. The Hall–Kier alpha value is -1.24. The van der Waals surface area contributed by atoms with Crippen LogP contribution < -0.4 is 4.74 Å². The van der Waals surface area contributed by atoms with Crippen molar-refractivity contribution in [2.45, 2.75) is 18.1 Å². The van der Waals surface area contributed by atoms with Gasteiger partial charge in [0.25, 0.3) is 0 Å². The van der Waals surface area contributed by atoms with Crippen LogP contribution in [0, 0.1) is 0 Å². The van der Waals surface area contributed by atoms with Crippen molar-refractivity contribution in [3.05, 3.63) is 29.8 Å². The molecule has 7 heteroatoms. The number of benzene rings is 1. The summed E-state index contributed by atoms with van der Waals surface area (Å²) >= 11 is 3.10. The predicted octanol–water partition coefficient (Wildman–Crippen LogP) is 3.58. The lowest BCUT2D eigenvalue weighted by atomic mass is 10.1. The SMILES string of the molecule is CCOC(=O)[C@@H](Br)c1ccc(OC(F)(F)F)cc1. The molecule has 0 aliphatic rings. The molecule has 0 amide bonds. The van der Waals surface area contributed by atoms with Gasteiger partial charge in [0.1, 0.15) is 10.6 Å². The summed E-state index contributed by atoms with van der Waals surface area (Å²) in [7, 11) is 0. The minimum atomic E-state index is -4.73. The van der Waals surface area contributed by atoms with E-state index in [2.05, 4.69) is 20.7 Å². The normalized spacial score (nSPS) is 12.9. The van der Waals surface area contributed by atoms with Gasteiger partial charge in [-0.2, -0.15) is 0 Å². The van der Waals surface area contributed by atoms with Gasteiger partial charge in [0, 0.05) is 0 Å². The van der Waals surface area contributed by atoms with Crippen LogP contribution in [-0.4, -0.2) is 18.9 Å². The lowest BCUT2D eigenvalue weighted by Crippen LogP contribution is -2.17. The Morgan fingerprint density at radius 2 is 1.89 bits per heavy atom. The molecule has 1 aromatic carbocycles. The molecule has 0 aliphatic heterocycles. The van der Waals surface area contributed by atoms with Crippen LogP contribution in [0.4, 0.5) is 13.2 Å². The van der Waals surface area contributed by atoms with Crippen LogP contribution in [0.1, 0.15) is 17.3 Å². The quantitative estimate of drug-likeness (QED) is 0.626. The molecule has 1 atom stereocenters. The topological polar surface area (TPSA) is 35.5 Å². The van der Waals surface area contributed by atoms with Crippen LogP contribution >= 0.6 is 15.9 Å². The Morgan fingerprint density at radius 3 is 2.33 bits per heavy atom. The minimum absolute atomic E-state index is 0.232. The van der Waals surface area contributed by atoms with Crippen LogP contribution in [0.15, 0.2) is 24.3 Å². The summed E-state index contributed by atoms with van der Waals surface area (Å²) in [4.78, 5) is 10.7. The Balaban J connectivity index is 2.73. The second-order valence-electron chi connectivity index (χ2n) is 3.23. The van der Waals surface area contributed by atoms with Crippen LogP contribution in [0.2, 0.25) is 0 Å². The van der Waals surface area contributed by atoms with E-state index in [-0.39, 0.29) is 12.4 Å². The molecule has 0 saturated heterocycles. The summed E-state index contributed by atoms with van der Waals surface area (Å²) in [6, 6.07) is 4.99. The molecule has 1 rings (SSSR count). The van der Waals surface area contributed by atoms with Crippen molar-refractivity contribution in [2.24, 2.45) is 0 Å². The number of esters is 1. The molecular formula is C11H10BrF3O3. The molecular weight excluding hydrogens is 317 g/mol. The van der Waals surface area contributed by atoms with Crippen LogP contribution in [0.25, 0.3) is 0 Å². The zero-order valence-electron chi connectivity index (χ0n) is 9.33. The highest BCUT2D eigenvalue weighted by Gasteiger charge is 2.31. The van der Waals surface area contributed by atoms with E-state index >= 15 is 0 Å². The number of carbonyl (C=O) groups is 1. The van der Waals surface area contributed by atoms with Crippen molar-refractivity contribution >= 4 is 21.9 Å². The fraction of sp³-hybridized carbons (Fsp3) is 0.364. The van der Waals surface area contributed by atoms with Crippen molar-refractivity contribution in [1.82, 2.24) is 0 Å². The number of rotatable bonds is 4. The highest BCUT2D eigenvalue weighted by atomic mass is 79.9. The van der Waals surface area contributed by atoms with Crippen LogP contribution in [0.5, 0.6) is 5.75 Å². The maximum absolute atomic E-state index is 11.9. The second-order valence-corrected chi connectivity index (χ2v) is 4.15. The molecule has 1 aromatic rings. The Kier molecular flexibility index (Phi) is 5.01. The van der Waals surface area contributed by atoms with E-state index in [1.165, 1.54) is 12.1 Å². The molecule has 100 valence electrons. The number of ether oxygens (including phenoxy) is 2. The number of hydrogen-bond donors (Lipinski definition) is 0. The van der Waals surface area contributed by atoms with E-state index < -0.39 is 17.2 Å². The number of alkyl halides is 4. The first-order chi connectivity index (χ1) is 8.33. The summed E-state index contributed by atoms with van der Waals surface area (Å²) in [5.74, 6) is -0.836. The van der Waals surface area contributed by atoms with Crippen LogP contribution in [-0.2, 0) is 9.53 Å². The molecule has 0 heterocycles. The third-order valence-corrected chi connectivity index (χ3v) is 2.80. The first-order valence-corrected chi connectivity index (χ1v) is 5.91. The zero-order valence-corrected chi connectivity index (χ0v) is 10.9. The minimum Gasteiger partial charge on any atom is -0.465 e. The van der Waals surface area contributed by atoms with Crippen molar-refractivity contribution in [3.8, 4) is 5.75 Å². The smallest absolute Gasteiger partial charge is 0.465 e. The zero-order chi connectivity index (χ0) is 13.8. The monoisotopic (exact) mass is 326 g/mol. The fourth-order valence-corrected chi connectivity index (χ4v) is 1.63. The summed E-state index contributed by atoms with van der Waals surface area (Å²) in [6.07, 6.45) is -4.73. The van der Waals surface area contributed by atoms with Gasteiger partial charge >= 0.3 is 12.3 Å². The van der Waals surface area contributed by atoms with E-state index in [0.29, 0.717) is 5.56 Å².